The predicted octanol–water partition coefficient (Wildman–Crippen LogP) is 3.03. The van der Waals surface area contributed by atoms with Crippen molar-refractivity contribution in [2.75, 3.05) is 60.5 Å². The number of likely N-dealkylation sites (tertiary alicyclic amines) is 1. The Morgan fingerprint density at radius 2 is 2.00 bits per heavy atom. The first-order valence-corrected chi connectivity index (χ1v) is 10.2. The van der Waals surface area contributed by atoms with Crippen molar-refractivity contribution in [2.24, 2.45) is 10.9 Å². The zero-order valence-corrected chi connectivity index (χ0v) is 18.3. The topological polar surface area (TPSA) is 49.3 Å². The third-order valence-corrected chi connectivity index (χ3v) is 5.15. The van der Waals surface area contributed by atoms with Gasteiger partial charge in [-0.3, -0.25) is 9.89 Å². The van der Waals surface area contributed by atoms with Crippen LogP contribution in [0.3, 0.4) is 0 Å². The summed E-state index contributed by atoms with van der Waals surface area (Å²) in [4.78, 5) is 8.19. The zero-order chi connectivity index (χ0) is 22.1. The maximum atomic E-state index is 12.6. The first kappa shape index (κ1) is 24.1. The van der Waals surface area contributed by atoms with Crippen LogP contribution in [0, 0.1) is 5.92 Å². The normalized spacial score (nSPS) is 17.8. The number of aliphatic imine (C=N–C) groups is 1. The number of halogens is 3. The molecule has 1 fully saturated rings. The molecule has 1 saturated heterocycles. The van der Waals surface area contributed by atoms with Gasteiger partial charge in [-0.1, -0.05) is 6.07 Å². The predicted molar refractivity (Wildman–Crippen MR) is 112 cm³/mol. The quantitative estimate of drug-likeness (QED) is 0.482. The van der Waals surface area contributed by atoms with Crippen molar-refractivity contribution < 1.29 is 22.6 Å². The number of benzene rings is 1. The van der Waals surface area contributed by atoms with Gasteiger partial charge in [0.1, 0.15) is 0 Å². The summed E-state index contributed by atoms with van der Waals surface area (Å²) in [6.45, 7) is 4.08. The van der Waals surface area contributed by atoms with E-state index in [0.717, 1.165) is 37.5 Å². The minimum Gasteiger partial charge on any atom is -0.493 e. The third kappa shape index (κ3) is 7.59. The lowest BCUT2D eigenvalue weighted by Crippen LogP contribution is -2.40. The monoisotopic (exact) mass is 430 g/mol. The largest absolute Gasteiger partial charge is 0.493 e. The number of rotatable bonds is 9. The lowest BCUT2D eigenvalue weighted by Gasteiger charge is -2.23. The molecule has 0 amide bonds. The summed E-state index contributed by atoms with van der Waals surface area (Å²) in [5.41, 5.74) is 1.12. The number of guanidine groups is 1. The van der Waals surface area contributed by atoms with Crippen LogP contribution < -0.4 is 14.8 Å². The summed E-state index contributed by atoms with van der Waals surface area (Å²) in [6, 6.07) is 5.86. The van der Waals surface area contributed by atoms with E-state index in [1.807, 2.05) is 37.1 Å². The van der Waals surface area contributed by atoms with Gasteiger partial charge in [0.05, 0.1) is 20.8 Å². The van der Waals surface area contributed by atoms with Crippen LogP contribution in [-0.4, -0.2) is 82.5 Å². The summed E-state index contributed by atoms with van der Waals surface area (Å²) in [5, 5.41) is 3.27. The minimum atomic E-state index is -4.14. The molecule has 1 atom stereocenters. The molecule has 0 aliphatic carbocycles. The van der Waals surface area contributed by atoms with Crippen LogP contribution in [0.4, 0.5) is 13.2 Å². The highest BCUT2D eigenvalue weighted by Crippen LogP contribution is 2.27. The van der Waals surface area contributed by atoms with Gasteiger partial charge in [-0.15, -0.1) is 0 Å². The van der Waals surface area contributed by atoms with Crippen LogP contribution in [0.15, 0.2) is 23.2 Å². The summed E-state index contributed by atoms with van der Waals surface area (Å²) in [5.74, 6) is 2.32. The highest BCUT2D eigenvalue weighted by atomic mass is 19.4. The van der Waals surface area contributed by atoms with E-state index in [2.05, 4.69) is 10.3 Å². The third-order valence-electron chi connectivity index (χ3n) is 5.15. The van der Waals surface area contributed by atoms with E-state index >= 15 is 0 Å². The number of nitrogens with zero attached hydrogens (tertiary/aromatic N) is 3. The number of likely N-dealkylation sites (N-methyl/N-ethyl adjacent to an activating group) is 1. The number of nitrogens with one attached hydrogen (secondary N) is 1. The molecule has 170 valence electrons. The van der Waals surface area contributed by atoms with Crippen LogP contribution >= 0.6 is 0 Å². The minimum absolute atomic E-state index is 0.153. The van der Waals surface area contributed by atoms with Gasteiger partial charge >= 0.3 is 6.18 Å². The van der Waals surface area contributed by atoms with Gasteiger partial charge in [0.2, 0.25) is 0 Å². The van der Waals surface area contributed by atoms with Crippen molar-refractivity contribution >= 4 is 5.96 Å². The lowest BCUT2D eigenvalue weighted by atomic mass is 10.1. The molecule has 30 heavy (non-hydrogen) atoms. The van der Waals surface area contributed by atoms with Crippen molar-refractivity contribution in [3.05, 3.63) is 23.8 Å². The fourth-order valence-corrected chi connectivity index (χ4v) is 3.58. The Balaban J connectivity index is 1.90. The molecule has 1 aliphatic rings. The molecular formula is C21H33F3N4O2. The van der Waals surface area contributed by atoms with Gasteiger partial charge in [0.25, 0.3) is 0 Å². The van der Waals surface area contributed by atoms with Gasteiger partial charge in [-0.05, 0) is 49.9 Å². The Hall–Kier alpha value is -2.16. The molecule has 1 heterocycles. The summed E-state index contributed by atoms with van der Waals surface area (Å²) < 4.78 is 48.3. The maximum absolute atomic E-state index is 12.6. The molecule has 2 rings (SSSR count). The fraction of sp³-hybridized carbons (Fsp3) is 0.667. The zero-order valence-electron chi connectivity index (χ0n) is 18.3. The molecule has 6 nitrogen and oxygen atoms in total. The Kier molecular flexibility index (Phi) is 9.08. The molecule has 1 aliphatic heterocycles. The second kappa shape index (κ2) is 11.3. The van der Waals surface area contributed by atoms with Crippen molar-refractivity contribution in [1.82, 2.24) is 15.1 Å². The standard InChI is InChI=1S/C21H33F3N4O2/c1-5-25-20(26-13-17-9-11-28(14-17)15-21(22,23)24)27(2)10-8-16-6-7-18(29-3)19(12-16)30-4/h6-7,12,17H,5,8-11,13-15H2,1-4H3,(H,25,26). The Bertz CT molecular complexity index is 697. The van der Waals surface area contributed by atoms with E-state index in [0.29, 0.717) is 31.1 Å². The first-order valence-electron chi connectivity index (χ1n) is 10.2. The molecule has 0 aromatic heterocycles. The van der Waals surface area contributed by atoms with Gasteiger partial charge in [0, 0.05) is 33.2 Å². The van der Waals surface area contributed by atoms with Crippen molar-refractivity contribution in [2.45, 2.75) is 25.9 Å². The Morgan fingerprint density at radius 1 is 1.27 bits per heavy atom. The lowest BCUT2D eigenvalue weighted by molar-refractivity contribution is -0.143. The van der Waals surface area contributed by atoms with E-state index in [-0.39, 0.29) is 5.92 Å². The first-order chi connectivity index (χ1) is 14.3. The van der Waals surface area contributed by atoms with E-state index in [4.69, 9.17) is 9.47 Å². The molecule has 9 heteroatoms. The van der Waals surface area contributed by atoms with Crippen LogP contribution in [0.1, 0.15) is 18.9 Å². The molecule has 1 N–H and O–H groups in total. The van der Waals surface area contributed by atoms with E-state index in [9.17, 15) is 13.2 Å². The van der Waals surface area contributed by atoms with Gasteiger partial charge in [-0.2, -0.15) is 13.2 Å². The molecule has 1 unspecified atom stereocenters. The fourth-order valence-electron chi connectivity index (χ4n) is 3.58. The van der Waals surface area contributed by atoms with E-state index in [1.165, 1.54) is 4.90 Å². The number of methoxy groups -OCH3 is 2. The number of ether oxygens (including phenoxy) is 2. The molecule has 0 radical (unpaired) electrons. The summed E-state index contributed by atoms with van der Waals surface area (Å²) >= 11 is 0. The molecular weight excluding hydrogens is 397 g/mol. The van der Waals surface area contributed by atoms with Crippen LogP contribution in [0.5, 0.6) is 11.5 Å². The average Bonchev–Trinajstić information content (AvgIpc) is 3.14. The maximum Gasteiger partial charge on any atom is 0.401 e. The number of alkyl halides is 3. The second-order valence-electron chi connectivity index (χ2n) is 7.56. The average molecular weight is 431 g/mol. The summed E-state index contributed by atoms with van der Waals surface area (Å²) in [7, 11) is 5.19. The van der Waals surface area contributed by atoms with Gasteiger partial charge < -0.3 is 19.7 Å². The Morgan fingerprint density at radius 3 is 2.63 bits per heavy atom. The van der Waals surface area contributed by atoms with E-state index in [1.54, 1.807) is 14.2 Å². The highest BCUT2D eigenvalue weighted by Gasteiger charge is 2.34. The molecule has 0 bridgehead atoms. The number of hydrogen-bond acceptors (Lipinski definition) is 4. The number of hydrogen-bond donors (Lipinski definition) is 1. The molecule has 0 spiro atoms. The van der Waals surface area contributed by atoms with Crippen molar-refractivity contribution in [3.8, 4) is 11.5 Å². The Labute approximate surface area is 177 Å². The van der Waals surface area contributed by atoms with Crippen molar-refractivity contribution in [3.63, 3.8) is 0 Å². The van der Waals surface area contributed by atoms with Crippen LogP contribution in [0.2, 0.25) is 0 Å². The smallest absolute Gasteiger partial charge is 0.401 e. The molecule has 1 aromatic rings. The van der Waals surface area contributed by atoms with Crippen LogP contribution in [-0.2, 0) is 6.42 Å². The van der Waals surface area contributed by atoms with Crippen molar-refractivity contribution in [1.29, 1.82) is 0 Å². The summed E-state index contributed by atoms with van der Waals surface area (Å²) in [6.07, 6.45) is -2.60. The van der Waals surface area contributed by atoms with E-state index < -0.39 is 12.7 Å². The van der Waals surface area contributed by atoms with Gasteiger partial charge in [-0.25, -0.2) is 0 Å². The molecule has 0 saturated carbocycles. The SMILES string of the molecule is CCNC(=NCC1CCN(CC(F)(F)F)C1)N(C)CCc1ccc(OC)c(OC)c1. The van der Waals surface area contributed by atoms with Gasteiger partial charge in [0.15, 0.2) is 17.5 Å². The highest BCUT2D eigenvalue weighted by molar-refractivity contribution is 5.79. The molecule has 1 aromatic carbocycles. The van der Waals surface area contributed by atoms with Crippen LogP contribution in [0.25, 0.3) is 0 Å². The second-order valence-corrected chi connectivity index (χ2v) is 7.56.